The van der Waals surface area contributed by atoms with Gasteiger partial charge in [-0.2, -0.15) is 0 Å². The molecule has 31 heavy (non-hydrogen) atoms. The Hall–Kier alpha value is -3.65. The highest BCUT2D eigenvalue weighted by Gasteiger charge is 2.24. The van der Waals surface area contributed by atoms with Crippen molar-refractivity contribution < 1.29 is 14.3 Å². The van der Waals surface area contributed by atoms with Crippen LogP contribution in [0.15, 0.2) is 66.2 Å². The van der Waals surface area contributed by atoms with E-state index in [1.807, 2.05) is 60.1 Å². The third kappa shape index (κ3) is 4.59. The van der Waals surface area contributed by atoms with Crippen LogP contribution in [0.3, 0.4) is 0 Å². The van der Waals surface area contributed by atoms with Gasteiger partial charge in [-0.3, -0.25) is 9.59 Å². The molecule has 0 aliphatic heterocycles. The van der Waals surface area contributed by atoms with Crippen LogP contribution in [0.25, 0.3) is 10.9 Å². The second kappa shape index (κ2) is 9.01. The Morgan fingerprint density at radius 2 is 1.97 bits per heavy atom. The highest BCUT2D eigenvalue weighted by atomic mass is 32.1. The maximum absolute atomic E-state index is 13.1. The lowest BCUT2D eigenvalue weighted by molar-refractivity contribution is -0.118. The van der Waals surface area contributed by atoms with Crippen LogP contribution in [0, 0.1) is 0 Å². The highest BCUT2D eigenvalue weighted by molar-refractivity contribution is 7.13. The molecule has 0 bridgehead atoms. The summed E-state index contributed by atoms with van der Waals surface area (Å²) < 4.78 is 7.08. The molecule has 2 aromatic carbocycles. The second-order valence-corrected chi connectivity index (χ2v) is 7.95. The first-order valence-electron chi connectivity index (χ1n) is 9.74. The summed E-state index contributed by atoms with van der Waals surface area (Å²) in [7, 11) is 3.43. The van der Waals surface area contributed by atoms with Gasteiger partial charge in [0.2, 0.25) is 5.91 Å². The first kappa shape index (κ1) is 20.6. The van der Waals surface area contributed by atoms with Crippen LogP contribution in [0.5, 0.6) is 5.75 Å². The first-order chi connectivity index (χ1) is 15.0. The molecule has 1 unspecified atom stereocenters. The van der Waals surface area contributed by atoms with E-state index in [4.69, 9.17) is 4.74 Å². The Morgan fingerprint density at radius 3 is 2.68 bits per heavy atom. The zero-order valence-corrected chi connectivity index (χ0v) is 18.0. The monoisotopic (exact) mass is 434 g/mol. The molecule has 158 valence electrons. The molecule has 2 amide bonds. The fourth-order valence-corrected chi connectivity index (χ4v) is 3.97. The van der Waals surface area contributed by atoms with Crippen molar-refractivity contribution in [2.45, 2.75) is 12.5 Å². The van der Waals surface area contributed by atoms with Gasteiger partial charge in [0.25, 0.3) is 5.91 Å². The van der Waals surface area contributed by atoms with E-state index < -0.39 is 6.04 Å². The second-order valence-electron chi connectivity index (χ2n) is 7.06. The molecular formula is C23H22N4O3S. The molecule has 0 aliphatic rings. The number of fused-ring (bicyclic) bond motifs is 1. The van der Waals surface area contributed by atoms with E-state index in [1.54, 1.807) is 24.8 Å². The number of amides is 2. The number of rotatable bonds is 7. The summed E-state index contributed by atoms with van der Waals surface area (Å²) in [5, 5.41) is 8.85. The minimum atomic E-state index is -0.758. The normalized spacial score (nSPS) is 11.8. The van der Waals surface area contributed by atoms with Crippen LogP contribution in [-0.4, -0.2) is 34.5 Å². The van der Waals surface area contributed by atoms with Gasteiger partial charge >= 0.3 is 0 Å². The number of benzene rings is 2. The van der Waals surface area contributed by atoms with Gasteiger partial charge in [-0.05, 0) is 29.8 Å². The summed E-state index contributed by atoms with van der Waals surface area (Å²) in [5.41, 5.74) is 2.31. The number of carbonyl (C=O) groups is 2. The van der Waals surface area contributed by atoms with Crippen molar-refractivity contribution in [2.75, 3.05) is 12.4 Å². The Kier molecular flexibility index (Phi) is 5.99. The van der Waals surface area contributed by atoms with Crippen molar-refractivity contribution in [1.82, 2.24) is 14.9 Å². The smallest absolute Gasteiger partial charge is 0.268 e. The van der Waals surface area contributed by atoms with Crippen molar-refractivity contribution in [3.8, 4) is 5.75 Å². The Labute approximate surface area is 183 Å². The Balaban J connectivity index is 1.59. The lowest BCUT2D eigenvalue weighted by atomic mass is 10.1. The average Bonchev–Trinajstić information content (AvgIpc) is 3.41. The van der Waals surface area contributed by atoms with Gasteiger partial charge in [-0.1, -0.05) is 30.3 Å². The van der Waals surface area contributed by atoms with E-state index in [0.29, 0.717) is 17.2 Å². The van der Waals surface area contributed by atoms with Crippen molar-refractivity contribution in [2.24, 2.45) is 7.05 Å². The van der Waals surface area contributed by atoms with E-state index in [0.717, 1.165) is 22.2 Å². The van der Waals surface area contributed by atoms with E-state index in [-0.39, 0.29) is 11.8 Å². The number of thiazole rings is 1. The zero-order chi connectivity index (χ0) is 21.8. The van der Waals surface area contributed by atoms with Crippen molar-refractivity contribution in [3.63, 3.8) is 0 Å². The fourth-order valence-electron chi connectivity index (χ4n) is 3.44. The number of nitrogens with one attached hydrogen (secondary N) is 2. The summed E-state index contributed by atoms with van der Waals surface area (Å²) in [6.07, 6.45) is 1.98. The lowest BCUT2D eigenvalue weighted by Gasteiger charge is -2.18. The largest absolute Gasteiger partial charge is 0.497 e. The van der Waals surface area contributed by atoms with Gasteiger partial charge in [0.05, 0.1) is 7.11 Å². The van der Waals surface area contributed by atoms with Crippen molar-refractivity contribution in [3.05, 3.63) is 77.4 Å². The Bertz CT molecular complexity index is 1200. The number of hydrogen-bond acceptors (Lipinski definition) is 5. The summed E-state index contributed by atoms with van der Waals surface area (Å²) in [6.45, 7) is 0. The third-order valence-corrected chi connectivity index (χ3v) is 5.74. The van der Waals surface area contributed by atoms with E-state index in [2.05, 4.69) is 15.6 Å². The molecule has 7 nitrogen and oxygen atoms in total. The zero-order valence-electron chi connectivity index (χ0n) is 17.2. The lowest BCUT2D eigenvalue weighted by Crippen LogP contribution is -2.45. The van der Waals surface area contributed by atoms with E-state index >= 15 is 0 Å². The summed E-state index contributed by atoms with van der Waals surface area (Å²) >= 11 is 1.33. The molecule has 0 radical (unpaired) electrons. The molecule has 0 aliphatic carbocycles. The van der Waals surface area contributed by atoms with Gasteiger partial charge in [0.1, 0.15) is 17.5 Å². The van der Waals surface area contributed by atoms with E-state index in [9.17, 15) is 9.59 Å². The van der Waals surface area contributed by atoms with Crippen LogP contribution in [-0.2, 0) is 18.3 Å². The van der Waals surface area contributed by atoms with Crippen molar-refractivity contribution in [1.29, 1.82) is 0 Å². The minimum Gasteiger partial charge on any atom is -0.497 e. The summed E-state index contributed by atoms with van der Waals surface area (Å²) in [6, 6.07) is 16.3. The highest BCUT2D eigenvalue weighted by Crippen LogP contribution is 2.24. The first-order valence-corrected chi connectivity index (χ1v) is 10.6. The minimum absolute atomic E-state index is 0.312. The molecule has 4 aromatic rings. The number of aryl methyl sites for hydroxylation is 1. The molecule has 2 aromatic heterocycles. The number of anilines is 1. The molecule has 1 atom stereocenters. The number of carbonyl (C=O) groups excluding carboxylic acids is 2. The number of ether oxygens (including phenoxy) is 1. The van der Waals surface area contributed by atoms with Crippen LogP contribution < -0.4 is 15.4 Å². The molecule has 8 heteroatoms. The van der Waals surface area contributed by atoms with E-state index in [1.165, 1.54) is 11.3 Å². The summed E-state index contributed by atoms with van der Waals surface area (Å²) in [5.74, 6) is 0.0790. The molecule has 2 heterocycles. The van der Waals surface area contributed by atoms with Gasteiger partial charge in [-0.25, -0.2) is 4.98 Å². The number of nitrogens with zero attached hydrogens (tertiary/aromatic N) is 2. The maximum atomic E-state index is 13.1. The number of methoxy groups -OCH3 is 1. The molecule has 0 saturated heterocycles. The molecule has 0 saturated carbocycles. The molecule has 0 fully saturated rings. The van der Waals surface area contributed by atoms with Crippen LogP contribution in [0.2, 0.25) is 0 Å². The molecule has 4 rings (SSSR count). The van der Waals surface area contributed by atoms with Crippen molar-refractivity contribution >= 4 is 39.2 Å². The maximum Gasteiger partial charge on any atom is 0.268 e. The number of aromatic nitrogens is 2. The third-order valence-electron chi connectivity index (χ3n) is 5.05. The molecule has 0 spiro atoms. The Morgan fingerprint density at radius 1 is 1.16 bits per heavy atom. The molecule has 2 N–H and O–H groups in total. The predicted molar refractivity (Wildman–Crippen MR) is 122 cm³/mol. The average molecular weight is 435 g/mol. The van der Waals surface area contributed by atoms with Gasteiger partial charge in [0.15, 0.2) is 5.13 Å². The summed E-state index contributed by atoms with van der Waals surface area (Å²) in [4.78, 5) is 30.2. The quantitative estimate of drug-likeness (QED) is 0.465. The van der Waals surface area contributed by atoms with Gasteiger partial charge in [0, 0.05) is 35.9 Å². The topological polar surface area (TPSA) is 85.2 Å². The standard InChI is InChI=1S/C23H22N4O3S/c1-27-19-9-8-17(30-2)13-16(19)14-20(27)22(29)25-18(12-15-6-4-3-5-7-15)21(28)26-23-24-10-11-31-23/h3-11,13-14,18H,12H2,1-2H3,(H,25,29)(H,24,26,28). The number of hydrogen-bond donors (Lipinski definition) is 2. The van der Waals surface area contributed by atoms with Gasteiger partial charge in [-0.15, -0.1) is 11.3 Å². The SMILES string of the molecule is COc1ccc2c(c1)cc(C(=O)NC(Cc1ccccc1)C(=O)Nc1nccs1)n2C. The fraction of sp³-hybridized carbons (Fsp3) is 0.174. The molecular weight excluding hydrogens is 412 g/mol. The van der Waals surface area contributed by atoms with Crippen LogP contribution in [0.1, 0.15) is 16.1 Å². The van der Waals surface area contributed by atoms with Crippen LogP contribution in [0.4, 0.5) is 5.13 Å². The van der Waals surface area contributed by atoms with Gasteiger partial charge < -0.3 is 19.9 Å². The predicted octanol–water partition coefficient (Wildman–Crippen LogP) is 3.62. The van der Waals surface area contributed by atoms with Crippen LogP contribution >= 0.6 is 11.3 Å².